The van der Waals surface area contributed by atoms with Crippen molar-refractivity contribution >= 4 is 23.2 Å². The third kappa shape index (κ3) is 5.34. The zero-order chi connectivity index (χ0) is 19.1. The Kier molecular flexibility index (Phi) is 7.69. The van der Waals surface area contributed by atoms with Gasteiger partial charge >= 0.3 is 0 Å². The van der Waals surface area contributed by atoms with Crippen molar-refractivity contribution in [2.75, 3.05) is 33.3 Å². The van der Waals surface area contributed by atoms with Gasteiger partial charge in [-0.25, -0.2) is 0 Å². The maximum atomic E-state index is 12.8. The Morgan fingerprint density at radius 2 is 1.96 bits per heavy atom. The zero-order valence-corrected chi connectivity index (χ0v) is 17.1. The van der Waals surface area contributed by atoms with Gasteiger partial charge in [-0.15, -0.1) is 0 Å². The van der Waals surface area contributed by atoms with Crippen LogP contribution in [-0.4, -0.2) is 49.2 Å². The molecule has 26 heavy (non-hydrogen) atoms. The summed E-state index contributed by atoms with van der Waals surface area (Å²) in [6, 6.07) is 8.01. The molecule has 1 heterocycles. The van der Waals surface area contributed by atoms with Gasteiger partial charge in [-0.05, 0) is 49.2 Å². The number of amides is 1. The van der Waals surface area contributed by atoms with Crippen LogP contribution in [0.5, 0.6) is 5.75 Å². The summed E-state index contributed by atoms with van der Waals surface area (Å²) in [5.74, 6) is 1.54. The van der Waals surface area contributed by atoms with Gasteiger partial charge in [0.15, 0.2) is 5.11 Å². The summed E-state index contributed by atoms with van der Waals surface area (Å²) in [4.78, 5) is 14.9. The SMILES string of the molecule is CCNC(=S)N1C[C@H](C(=O)NCCC(C)C)[C@@H](c2ccc(OC)cc2)C1. The number of hydrogen-bond donors (Lipinski definition) is 2. The molecule has 0 saturated carbocycles. The van der Waals surface area contributed by atoms with Crippen molar-refractivity contribution in [2.45, 2.75) is 33.1 Å². The van der Waals surface area contributed by atoms with Gasteiger partial charge in [0.25, 0.3) is 0 Å². The first-order chi connectivity index (χ1) is 12.5. The topological polar surface area (TPSA) is 53.6 Å². The van der Waals surface area contributed by atoms with Crippen molar-refractivity contribution < 1.29 is 9.53 Å². The molecule has 0 spiro atoms. The second-order valence-corrected chi connectivity index (χ2v) is 7.59. The average Bonchev–Trinajstić information content (AvgIpc) is 3.07. The number of ether oxygens (including phenoxy) is 1. The normalized spacial score (nSPS) is 19.5. The molecule has 6 heteroatoms. The van der Waals surface area contributed by atoms with Gasteiger partial charge in [0.2, 0.25) is 5.91 Å². The zero-order valence-electron chi connectivity index (χ0n) is 16.2. The molecule has 1 fully saturated rings. The molecule has 2 N–H and O–H groups in total. The largest absolute Gasteiger partial charge is 0.497 e. The maximum Gasteiger partial charge on any atom is 0.225 e. The van der Waals surface area contributed by atoms with E-state index in [0.29, 0.717) is 12.5 Å². The van der Waals surface area contributed by atoms with Gasteiger partial charge in [-0.3, -0.25) is 4.79 Å². The molecule has 1 aromatic rings. The molecular weight excluding hydrogens is 346 g/mol. The van der Waals surface area contributed by atoms with Crippen molar-refractivity contribution in [1.29, 1.82) is 0 Å². The lowest BCUT2D eigenvalue weighted by molar-refractivity contribution is -0.124. The van der Waals surface area contributed by atoms with Crippen molar-refractivity contribution in [3.63, 3.8) is 0 Å². The molecule has 0 aromatic heterocycles. The van der Waals surface area contributed by atoms with Crippen LogP contribution >= 0.6 is 12.2 Å². The fourth-order valence-corrected chi connectivity index (χ4v) is 3.60. The lowest BCUT2D eigenvalue weighted by atomic mass is 9.88. The van der Waals surface area contributed by atoms with Crippen molar-refractivity contribution in [2.24, 2.45) is 11.8 Å². The van der Waals surface area contributed by atoms with E-state index in [9.17, 15) is 4.79 Å². The molecule has 0 aliphatic carbocycles. The monoisotopic (exact) mass is 377 g/mol. The fourth-order valence-electron chi connectivity index (χ4n) is 3.30. The van der Waals surface area contributed by atoms with E-state index in [4.69, 9.17) is 17.0 Å². The predicted molar refractivity (Wildman–Crippen MR) is 110 cm³/mol. The van der Waals surface area contributed by atoms with Crippen molar-refractivity contribution in [1.82, 2.24) is 15.5 Å². The lowest BCUT2D eigenvalue weighted by Crippen LogP contribution is -2.40. The number of rotatable bonds is 7. The quantitative estimate of drug-likeness (QED) is 0.716. The van der Waals surface area contributed by atoms with Gasteiger partial charge in [-0.1, -0.05) is 26.0 Å². The van der Waals surface area contributed by atoms with Gasteiger partial charge in [0.1, 0.15) is 5.75 Å². The minimum absolute atomic E-state index is 0.104. The third-order valence-corrected chi connectivity index (χ3v) is 5.24. The van der Waals surface area contributed by atoms with Crippen molar-refractivity contribution in [3.05, 3.63) is 29.8 Å². The van der Waals surface area contributed by atoms with Gasteiger partial charge in [0.05, 0.1) is 13.0 Å². The van der Waals surface area contributed by atoms with Crippen LogP contribution in [0, 0.1) is 11.8 Å². The summed E-state index contributed by atoms with van der Waals surface area (Å²) in [7, 11) is 1.66. The van der Waals surface area contributed by atoms with E-state index in [0.717, 1.165) is 42.5 Å². The summed E-state index contributed by atoms with van der Waals surface area (Å²) in [6.45, 7) is 9.26. The Balaban J connectivity index is 2.13. The highest BCUT2D eigenvalue weighted by atomic mass is 32.1. The van der Waals surface area contributed by atoms with Crippen molar-refractivity contribution in [3.8, 4) is 5.75 Å². The molecule has 1 saturated heterocycles. The molecule has 5 nitrogen and oxygen atoms in total. The summed E-state index contributed by atoms with van der Waals surface area (Å²) >= 11 is 5.48. The maximum absolute atomic E-state index is 12.8. The number of carbonyl (C=O) groups is 1. The fraction of sp³-hybridized carbons (Fsp3) is 0.600. The average molecular weight is 378 g/mol. The Morgan fingerprint density at radius 1 is 1.27 bits per heavy atom. The second-order valence-electron chi connectivity index (χ2n) is 7.20. The summed E-state index contributed by atoms with van der Waals surface area (Å²) in [5.41, 5.74) is 1.15. The van der Waals surface area contributed by atoms with Crippen LogP contribution in [0.1, 0.15) is 38.7 Å². The second kappa shape index (κ2) is 9.76. The molecule has 2 rings (SSSR count). The smallest absolute Gasteiger partial charge is 0.225 e. The highest BCUT2D eigenvalue weighted by molar-refractivity contribution is 7.80. The summed E-state index contributed by atoms with van der Waals surface area (Å²) < 4.78 is 5.25. The Morgan fingerprint density at radius 3 is 2.54 bits per heavy atom. The van der Waals surface area contributed by atoms with Gasteiger partial charge in [0, 0.05) is 32.1 Å². The molecule has 1 aromatic carbocycles. The molecule has 1 amide bonds. The van der Waals surface area contributed by atoms with E-state index < -0.39 is 0 Å². The number of likely N-dealkylation sites (tertiary alicyclic amines) is 1. The molecule has 1 aliphatic rings. The van der Waals surface area contributed by atoms with E-state index in [-0.39, 0.29) is 17.7 Å². The number of carbonyl (C=O) groups excluding carboxylic acids is 1. The number of thiocarbonyl (C=S) groups is 1. The van der Waals surface area contributed by atoms with E-state index in [2.05, 4.69) is 41.5 Å². The highest BCUT2D eigenvalue weighted by Gasteiger charge is 2.39. The predicted octanol–water partition coefficient (Wildman–Crippen LogP) is 2.77. The van der Waals surface area contributed by atoms with E-state index in [1.165, 1.54) is 0 Å². The number of nitrogens with one attached hydrogen (secondary N) is 2. The minimum atomic E-state index is -0.104. The first-order valence-corrected chi connectivity index (χ1v) is 9.81. The molecule has 2 atom stereocenters. The first-order valence-electron chi connectivity index (χ1n) is 9.40. The van der Waals surface area contributed by atoms with Crippen LogP contribution in [0.15, 0.2) is 24.3 Å². The van der Waals surface area contributed by atoms with Crippen LogP contribution in [-0.2, 0) is 4.79 Å². The van der Waals surface area contributed by atoms with E-state index >= 15 is 0 Å². The lowest BCUT2D eigenvalue weighted by Gasteiger charge is -2.19. The van der Waals surface area contributed by atoms with E-state index in [1.807, 2.05) is 19.1 Å². The molecule has 0 radical (unpaired) electrons. The Bertz CT molecular complexity index is 604. The summed E-state index contributed by atoms with van der Waals surface area (Å²) in [6.07, 6.45) is 0.991. The molecule has 144 valence electrons. The first kappa shape index (κ1) is 20.5. The van der Waals surface area contributed by atoms with Crippen LogP contribution in [0.25, 0.3) is 0 Å². The molecule has 0 bridgehead atoms. The van der Waals surface area contributed by atoms with Gasteiger partial charge < -0.3 is 20.3 Å². The number of methoxy groups -OCH3 is 1. The standard InChI is InChI=1S/C20H31N3O2S/c1-5-21-20(26)23-12-17(15-6-8-16(25-4)9-7-15)18(13-23)19(24)22-11-10-14(2)3/h6-9,14,17-18H,5,10-13H2,1-4H3,(H,21,26)(H,22,24)/t17-,18+/m1/s1. The van der Waals surface area contributed by atoms with Crippen LogP contribution in [0.4, 0.5) is 0 Å². The number of nitrogens with zero attached hydrogens (tertiary/aromatic N) is 1. The van der Waals surface area contributed by atoms with Crippen LogP contribution < -0.4 is 15.4 Å². The van der Waals surface area contributed by atoms with E-state index in [1.54, 1.807) is 7.11 Å². The third-order valence-electron chi connectivity index (χ3n) is 4.84. The highest BCUT2D eigenvalue weighted by Crippen LogP contribution is 2.33. The molecular formula is C20H31N3O2S. The number of hydrogen-bond acceptors (Lipinski definition) is 3. The van der Waals surface area contributed by atoms with Crippen LogP contribution in [0.3, 0.4) is 0 Å². The molecule has 0 unspecified atom stereocenters. The molecule has 1 aliphatic heterocycles. The Hall–Kier alpha value is -1.82. The minimum Gasteiger partial charge on any atom is -0.497 e. The summed E-state index contributed by atoms with van der Waals surface area (Å²) in [5, 5.41) is 7.04. The Labute approximate surface area is 162 Å². The van der Waals surface area contributed by atoms with Crippen LogP contribution in [0.2, 0.25) is 0 Å². The van der Waals surface area contributed by atoms with Gasteiger partial charge in [-0.2, -0.15) is 0 Å². The number of benzene rings is 1.